The topological polar surface area (TPSA) is 55.2 Å². The highest BCUT2D eigenvalue weighted by Gasteiger charge is 2.01. The van der Waals surface area contributed by atoms with Gasteiger partial charge in [-0.15, -0.1) is 0 Å². The van der Waals surface area contributed by atoms with Gasteiger partial charge in [0.25, 0.3) is 0 Å². The van der Waals surface area contributed by atoms with Gasteiger partial charge < -0.3 is 4.74 Å². The number of hydrogen-bond donors (Lipinski definition) is 1. The second-order valence-electron chi connectivity index (χ2n) is 3.53. The fraction of sp³-hybridized carbons (Fsp3) is 0.182. The van der Waals surface area contributed by atoms with Gasteiger partial charge in [-0.05, 0) is 58.8 Å². The number of hydrogen-bond acceptors (Lipinski definition) is 4. The molecule has 18 heavy (non-hydrogen) atoms. The van der Waals surface area contributed by atoms with Gasteiger partial charge in [0.15, 0.2) is 0 Å². The number of H-pyrrole nitrogens is 1. The van der Waals surface area contributed by atoms with Crippen LogP contribution in [-0.2, 0) is 0 Å². The molecular formula is C11H11BrN4OS. The Morgan fingerprint density at radius 3 is 2.89 bits per heavy atom. The Kier molecular flexibility index (Phi) is 3.93. The minimum atomic E-state index is 0.469. The van der Waals surface area contributed by atoms with Crippen molar-refractivity contribution in [3.63, 3.8) is 0 Å². The van der Waals surface area contributed by atoms with Crippen molar-refractivity contribution in [3.8, 4) is 5.75 Å². The number of aromatic nitrogens is 3. The molecule has 0 unspecified atom stereocenters. The minimum Gasteiger partial charge on any atom is -0.496 e. The second kappa shape index (κ2) is 5.45. The van der Waals surface area contributed by atoms with Crippen LogP contribution in [0.1, 0.15) is 11.4 Å². The molecule has 2 aromatic rings. The molecule has 2 rings (SSSR count). The third-order valence-electron chi connectivity index (χ3n) is 2.31. The van der Waals surface area contributed by atoms with E-state index in [1.165, 1.54) is 0 Å². The van der Waals surface area contributed by atoms with E-state index in [1.54, 1.807) is 18.0 Å². The Hall–Kier alpha value is -1.47. The van der Waals surface area contributed by atoms with E-state index < -0.39 is 0 Å². The van der Waals surface area contributed by atoms with Gasteiger partial charge >= 0.3 is 0 Å². The van der Waals surface area contributed by atoms with Gasteiger partial charge in [-0.1, -0.05) is 0 Å². The smallest absolute Gasteiger partial charge is 0.216 e. The van der Waals surface area contributed by atoms with E-state index in [2.05, 4.69) is 31.2 Å². The van der Waals surface area contributed by atoms with Crippen LogP contribution >= 0.6 is 28.1 Å². The Balaban J connectivity index is 2.30. The molecule has 0 spiro atoms. The lowest BCUT2D eigenvalue weighted by Crippen LogP contribution is -1.94. The monoisotopic (exact) mass is 326 g/mol. The Bertz CT molecular complexity index is 647. The third-order valence-corrected chi connectivity index (χ3v) is 3.19. The van der Waals surface area contributed by atoms with Gasteiger partial charge in [0, 0.05) is 0 Å². The number of nitrogens with one attached hydrogen (secondary N) is 1. The molecule has 7 heteroatoms. The van der Waals surface area contributed by atoms with Crippen LogP contribution in [0.25, 0.3) is 0 Å². The Morgan fingerprint density at radius 2 is 2.33 bits per heavy atom. The summed E-state index contributed by atoms with van der Waals surface area (Å²) in [7, 11) is 1.63. The lowest BCUT2D eigenvalue weighted by Gasteiger charge is -2.03. The van der Waals surface area contributed by atoms with Gasteiger partial charge in [-0.2, -0.15) is 14.9 Å². The first-order chi connectivity index (χ1) is 8.61. The molecule has 0 aliphatic carbocycles. The number of aryl methyl sites for hydroxylation is 1. The van der Waals surface area contributed by atoms with Crippen molar-refractivity contribution in [3.05, 3.63) is 38.8 Å². The van der Waals surface area contributed by atoms with Gasteiger partial charge in [-0.25, -0.2) is 0 Å². The zero-order valence-corrected chi connectivity index (χ0v) is 12.2. The van der Waals surface area contributed by atoms with Gasteiger partial charge in [0.2, 0.25) is 4.77 Å². The molecule has 0 aliphatic rings. The fourth-order valence-corrected chi connectivity index (χ4v) is 2.18. The van der Waals surface area contributed by atoms with E-state index in [9.17, 15) is 0 Å². The maximum atomic E-state index is 5.16. The van der Waals surface area contributed by atoms with Crippen molar-refractivity contribution >= 4 is 34.4 Å². The summed E-state index contributed by atoms with van der Waals surface area (Å²) >= 11 is 8.48. The lowest BCUT2D eigenvalue weighted by atomic mass is 10.2. The van der Waals surface area contributed by atoms with E-state index in [0.29, 0.717) is 10.6 Å². The van der Waals surface area contributed by atoms with Crippen LogP contribution in [0.15, 0.2) is 27.8 Å². The number of aromatic amines is 1. The molecule has 0 bridgehead atoms. The Labute approximate surface area is 118 Å². The number of benzene rings is 1. The molecule has 1 aromatic heterocycles. The molecule has 1 aromatic carbocycles. The minimum absolute atomic E-state index is 0.469. The molecule has 94 valence electrons. The van der Waals surface area contributed by atoms with E-state index in [-0.39, 0.29) is 0 Å². The quantitative estimate of drug-likeness (QED) is 0.697. The maximum Gasteiger partial charge on any atom is 0.216 e. The number of methoxy groups -OCH3 is 1. The summed E-state index contributed by atoms with van der Waals surface area (Å²) in [4.78, 5) is 0. The molecule has 0 radical (unpaired) electrons. The van der Waals surface area contributed by atoms with E-state index in [4.69, 9.17) is 17.0 Å². The summed E-state index contributed by atoms with van der Waals surface area (Å²) in [5, 5.41) is 10.9. The zero-order chi connectivity index (χ0) is 13.1. The average Bonchev–Trinajstić information content (AvgIpc) is 2.67. The van der Waals surface area contributed by atoms with Crippen LogP contribution < -0.4 is 4.74 Å². The zero-order valence-electron chi connectivity index (χ0n) is 9.85. The molecule has 0 atom stereocenters. The molecular weight excluding hydrogens is 316 g/mol. The van der Waals surface area contributed by atoms with Crippen LogP contribution in [-0.4, -0.2) is 28.2 Å². The van der Waals surface area contributed by atoms with Crippen LogP contribution in [0, 0.1) is 11.7 Å². The number of rotatable bonds is 3. The molecule has 1 heterocycles. The first-order valence-corrected chi connectivity index (χ1v) is 6.34. The van der Waals surface area contributed by atoms with Crippen LogP contribution in [0.5, 0.6) is 5.75 Å². The molecule has 1 N–H and O–H groups in total. The van der Waals surface area contributed by atoms with Crippen molar-refractivity contribution in [2.45, 2.75) is 6.92 Å². The van der Waals surface area contributed by atoms with Crippen molar-refractivity contribution in [2.24, 2.45) is 5.10 Å². The fourth-order valence-electron chi connectivity index (χ4n) is 1.39. The summed E-state index contributed by atoms with van der Waals surface area (Å²) in [5.41, 5.74) is 0.935. The molecule has 0 fully saturated rings. The van der Waals surface area contributed by atoms with Crippen LogP contribution in [0.2, 0.25) is 0 Å². The van der Waals surface area contributed by atoms with Crippen LogP contribution in [0.4, 0.5) is 0 Å². The number of halogens is 1. The predicted octanol–water partition coefficient (Wildman–Crippen LogP) is 2.90. The summed E-state index contributed by atoms with van der Waals surface area (Å²) < 4.78 is 8.07. The van der Waals surface area contributed by atoms with Gasteiger partial charge in [-0.3, -0.25) is 5.10 Å². The largest absolute Gasteiger partial charge is 0.496 e. The molecule has 0 amide bonds. The van der Waals surface area contributed by atoms with E-state index in [0.717, 1.165) is 15.8 Å². The highest BCUT2D eigenvalue weighted by Crippen LogP contribution is 2.24. The Morgan fingerprint density at radius 1 is 1.56 bits per heavy atom. The van der Waals surface area contributed by atoms with Gasteiger partial charge in [0.1, 0.15) is 11.6 Å². The molecule has 0 saturated heterocycles. The maximum absolute atomic E-state index is 5.16. The summed E-state index contributed by atoms with van der Waals surface area (Å²) in [6.45, 7) is 1.83. The normalized spacial score (nSPS) is 11.1. The third kappa shape index (κ3) is 2.68. The van der Waals surface area contributed by atoms with Crippen LogP contribution in [0.3, 0.4) is 0 Å². The van der Waals surface area contributed by atoms with E-state index in [1.807, 2.05) is 25.1 Å². The molecule has 0 saturated carbocycles. The molecule has 0 aliphatic heterocycles. The highest BCUT2D eigenvalue weighted by atomic mass is 79.9. The predicted molar refractivity (Wildman–Crippen MR) is 75.8 cm³/mol. The SMILES string of the molecule is COc1ccc(/C=N/n2c(C)n[nH]c2=S)cc1Br. The van der Waals surface area contributed by atoms with E-state index >= 15 is 0 Å². The van der Waals surface area contributed by atoms with Gasteiger partial charge in [0.05, 0.1) is 17.8 Å². The number of ether oxygens (including phenoxy) is 1. The average molecular weight is 327 g/mol. The van der Waals surface area contributed by atoms with Crippen molar-refractivity contribution in [2.75, 3.05) is 7.11 Å². The van der Waals surface area contributed by atoms with Crippen molar-refractivity contribution in [1.29, 1.82) is 0 Å². The van der Waals surface area contributed by atoms with Crippen molar-refractivity contribution < 1.29 is 4.74 Å². The highest BCUT2D eigenvalue weighted by molar-refractivity contribution is 9.10. The lowest BCUT2D eigenvalue weighted by molar-refractivity contribution is 0.412. The summed E-state index contributed by atoms with van der Waals surface area (Å²) in [6.07, 6.45) is 1.71. The summed E-state index contributed by atoms with van der Waals surface area (Å²) in [6, 6.07) is 5.69. The number of nitrogens with zero attached hydrogens (tertiary/aromatic N) is 3. The second-order valence-corrected chi connectivity index (χ2v) is 4.77. The first kappa shape index (κ1) is 13.0. The van der Waals surface area contributed by atoms with Crippen molar-refractivity contribution in [1.82, 2.24) is 14.9 Å². The molecule has 5 nitrogen and oxygen atoms in total. The standard InChI is InChI=1S/C11H11BrN4OS/c1-7-14-15-11(18)16(7)13-6-8-3-4-10(17-2)9(12)5-8/h3-6H,1-2H3,(H,15,18)/b13-6+. The summed E-state index contributed by atoms with van der Waals surface area (Å²) in [5.74, 6) is 1.49. The first-order valence-electron chi connectivity index (χ1n) is 5.13.